The van der Waals surface area contributed by atoms with E-state index in [2.05, 4.69) is 10.0 Å². The van der Waals surface area contributed by atoms with Crippen molar-refractivity contribution in [3.63, 3.8) is 0 Å². The van der Waals surface area contributed by atoms with Crippen LogP contribution in [0.5, 0.6) is 0 Å². The molecule has 1 saturated heterocycles. The maximum atomic E-state index is 12.2. The molecule has 0 aliphatic carbocycles. The highest BCUT2D eigenvalue weighted by molar-refractivity contribution is 8.00. The minimum atomic E-state index is -3.38. The molecule has 1 fully saturated rings. The molecule has 0 aromatic heterocycles. The van der Waals surface area contributed by atoms with Crippen LogP contribution < -0.4 is 10.0 Å². The van der Waals surface area contributed by atoms with Gasteiger partial charge < -0.3 is 5.32 Å². The molecule has 0 radical (unpaired) electrons. The van der Waals surface area contributed by atoms with Gasteiger partial charge in [0.2, 0.25) is 10.0 Å². The van der Waals surface area contributed by atoms with E-state index in [0.29, 0.717) is 10.1 Å². The summed E-state index contributed by atoms with van der Waals surface area (Å²) < 4.78 is 27.2. The average molecular weight is 284 g/mol. The third-order valence-electron chi connectivity index (χ3n) is 3.36. The summed E-state index contributed by atoms with van der Waals surface area (Å²) in [5.41, 5.74) is 1.67. The molecule has 2 atom stereocenters. The summed E-state index contributed by atoms with van der Waals surface area (Å²) in [4.78, 5) is 0.363. The topological polar surface area (TPSA) is 58.2 Å². The van der Waals surface area contributed by atoms with Crippen LogP contribution >= 0.6 is 11.8 Å². The van der Waals surface area contributed by atoms with Crippen molar-refractivity contribution in [2.75, 3.05) is 11.1 Å². The molecule has 6 heteroatoms. The standard InChI is InChI=1S/C12H16N2O2S2/c1-8-4-5-9-11(7-8)18(15,16)14-12(13-9)10-3-2-6-17-10/h4-5,7,10,12-14H,2-3,6H2,1H3. The van der Waals surface area contributed by atoms with Gasteiger partial charge in [-0.1, -0.05) is 6.07 Å². The maximum Gasteiger partial charge on any atom is 0.244 e. The van der Waals surface area contributed by atoms with Gasteiger partial charge in [-0.15, -0.1) is 0 Å². The van der Waals surface area contributed by atoms with Crippen LogP contribution in [-0.4, -0.2) is 25.6 Å². The number of nitrogens with one attached hydrogen (secondary N) is 2. The fourth-order valence-electron chi connectivity index (χ4n) is 2.43. The number of hydrogen-bond acceptors (Lipinski definition) is 4. The molecule has 18 heavy (non-hydrogen) atoms. The fourth-order valence-corrected chi connectivity index (χ4v) is 5.26. The number of sulfonamides is 1. The van der Waals surface area contributed by atoms with Gasteiger partial charge in [-0.2, -0.15) is 16.5 Å². The maximum absolute atomic E-state index is 12.2. The number of hydrogen-bond donors (Lipinski definition) is 2. The monoisotopic (exact) mass is 284 g/mol. The molecule has 2 unspecified atom stereocenters. The second kappa shape index (κ2) is 4.43. The summed E-state index contributed by atoms with van der Waals surface area (Å²) in [5.74, 6) is 1.12. The predicted octanol–water partition coefficient (Wildman–Crippen LogP) is 1.92. The highest BCUT2D eigenvalue weighted by atomic mass is 32.2. The van der Waals surface area contributed by atoms with Crippen molar-refractivity contribution in [1.82, 2.24) is 4.72 Å². The molecule has 2 N–H and O–H groups in total. The Hall–Kier alpha value is -0.720. The highest BCUT2D eigenvalue weighted by Crippen LogP contribution is 2.34. The van der Waals surface area contributed by atoms with E-state index in [1.807, 2.05) is 30.8 Å². The van der Waals surface area contributed by atoms with E-state index in [0.717, 1.165) is 29.8 Å². The van der Waals surface area contributed by atoms with Gasteiger partial charge in [-0.3, -0.25) is 0 Å². The van der Waals surface area contributed by atoms with Crippen molar-refractivity contribution < 1.29 is 8.42 Å². The molecule has 2 aliphatic heterocycles. The Balaban J connectivity index is 1.97. The van der Waals surface area contributed by atoms with Gasteiger partial charge in [0.25, 0.3) is 0 Å². The molecule has 0 amide bonds. The van der Waals surface area contributed by atoms with Crippen molar-refractivity contribution in [2.45, 2.75) is 36.1 Å². The molecule has 4 nitrogen and oxygen atoms in total. The number of anilines is 1. The van der Waals surface area contributed by atoms with Crippen LogP contribution in [-0.2, 0) is 10.0 Å². The van der Waals surface area contributed by atoms with E-state index in [1.165, 1.54) is 0 Å². The normalized spacial score (nSPS) is 29.6. The van der Waals surface area contributed by atoms with Crippen LogP contribution in [0.3, 0.4) is 0 Å². The lowest BCUT2D eigenvalue weighted by Gasteiger charge is -2.31. The molecule has 98 valence electrons. The Morgan fingerprint density at radius 3 is 2.94 bits per heavy atom. The van der Waals surface area contributed by atoms with Gasteiger partial charge in [-0.25, -0.2) is 8.42 Å². The molecular formula is C12H16N2O2S2. The molecule has 2 heterocycles. The summed E-state index contributed by atoms with van der Waals surface area (Å²) in [6.07, 6.45) is 2.04. The summed E-state index contributed by atoms with van der Waals surface area (Å²) in [7, 11) is -3.38. The van der Waals surface area contributed by atoms with Gasteiger partial charge in [0, 0.05) is 5.25 Å². The Morgan fingerprint density at radius 1 is 1.39 bits per heavy atom. The van der Waals surface area contributed by atoms with Gasteiger partial charge in [0.15, 0.2) is 0 Å². The molecule has 3 rings (SSSR count). The van der Waals surface area contributed by atoms with Crippen LogP contribution in [0.15, 0.2) is 23.1 Å². The van der Waals surface area contributed by atoms with Crippen molar-refractivity contribution >= 4 is 27.5 Å². The largest absolute Gasteiger partial charge is 0.367 e. The van der Waals surface area contributed by atoms with E-state index >= 15 is 0 Å². The van der Waals surface area contributed by atoms with Gasteiger partial charge in [-0.05, 0) is 43.2 Å². The molecule has 0 saturated carbocycles. The van der Waals surface area contributed by atoms with Gasteiger partial charge in [0.05, 0.1) is 5.69 Å². The van der Waals surface area contributed by atoms with Crippen LogP contribution in [0.4, 0.5) is 5.69 Å². The van der Waals surface area contributed by atoms with E-state index < -0.39 is 10.0 Å². The Labute approximate surface area is 112 Å². The molecule has 0 bridgehead atoms. The smallest absolute Gasteiger partial charge is 0.244 e. The van der Waals surface area contributed by atoms with E-state index in [4.69, 9.17) is 0 Å². The van der Waals surface area contributed by atoms with Crippen LogP contribution in [0.1, 0.15) is 18.4 Å². The minimum absolute atomic E-state index is 0.183. The van der Waals surface area contributed by atoms with Crippen molar-refractivity contribution in [3.05, 3.63) is 23.8 Å². The van der Waals surface area contributed by atoms with E-state index in [9.17, 15) is 8.42 Å². The Morgan fingerprint density at radius 2 is 2.22 bits per heavy atom. The zero-order valence-electron chi connectivity index (χ0n) is 10.1. The Bertz CT molecular complexity index is 565. The van der Waals surface area contributed by atoms with Crippen LogP contribution in [0.25, 0.3) is 0 Å². The fraction of sp³-hybridized carbons (Fsp3) is 0.500. The highest BCUT2D eigenvalue weighted by Gasteiger charge is 2.35. The second-order valence-corrected chi connectivity index (χ2v) is 7.82. The first-order valence-corrected chi connectivity index (χ1v) is 8.60. The summed E-state index contributed by atoms with van der Waals surface area (Å²) >= 11 is 1.84. The van der Waals surface area contributed by atoms with E-state index in [1.54, 1.807) is 6.07 Å². The summed E-state index contributed by atoms with van der Waals surface area (Å²) in [6.45, 7) is 1.90. The van der Waals surface area contributed by atoms with Crippen molar-refractivity contribution in [2.24, 2.45) is 0 Å². The van der Waals surface area contributed by atoms with Crippen LogP contribution in [0.2, 0.25) is 0 Å². The number of benzene rings is 1. The van der Waals surface area contributed by atoms with Crippen molar-refractivity contribution in [3.8, 4) is 0 Å². The van der Waals surface area contributed by atoms with E-state index in [-0.39, 0.29) is 6.17 Å². The SMILES string of the molecule is Cc1ccc2c(c1)S(=O)(=O)NC(C1CCCS1)N2. The first-order chi connectivity index (χ1) is 8.56. The lowest BCUT2D eigenvalue weighted by Crippen LogP contribution is -2.49. The summed E-state index contributed by atoms with van der Waals surface area (Å²) in [5, 5.41) is 3.64. The minimum Gasteiger partial charge on any atom is -0.367 e. The Kier molecular flexibility index (Phi) is 3.03. The zero-order valence-corrected chi connectivity index (χ0v) is 11.8. The number of rotatable bonds is 1. The quantitative estimate of drug-likeness (QED) is 0.827. The molecular weight excluding hydrogens is 268 g/mol. The van der Waals surface area contributed by atoms with Crippen LogP contribution in [0, 0.1) is 6.92 Å². The lowest BCUT2D eigenvalue weighted by atomic mass is 10.2. The second-order valence-electron chi connectivity index (χ2n) is 4.79. The average Bonchev–Trinajstić information content (AvgIpc) is 2.83. The summed E-state index contributed by atoms with van der Waals surface area (Å²) in [6, 6.07) is 5.50. The molecule has 1 aromatic rings. The third kappa shape index (κ3) is 2.13. The number of fused-ring (bicyclic) bond motifs is 1. The van der Waals surface area contributed by atoms with Gasteiger partial charge >= 0.3 is 0 Å². The first kappa shape index (κ1) is 12.3. The van der Waals surface area contributed by atoms with Crippen molar-refractivity contribution in [1.29, 1.82) is 0 Å². The molecule has 2 aliphatic rings. The third-order valence-corrected chi connectivity index (χ3v) is 6.30. The first-order valence-electron chi connectivity index (χ1n) is 6.07. The van der Waals surface area contributed by atoms with Gasteiger partial charge in [0.1, 0.15) is 11.1 Å². The molecule has 1 aromatic carbocycles. The predicted molar refractivity (Wildman–Crippen MR) is 74.4 cm³/mol. The number of aryl methyl sites for hydroxylation is 1. The lowest BCUT2D eigenvalue weighted by molar-refractivity contribution is 0.544. The zero-order chi connectivity index (χ0) is 12.8. The molecule has 0 spiro atoms. The number of thioether (sulfide) groups is 1.